The van der Waals surface area contributed by atoms with Gasteiger partial charge in [-0.1, -0.05) is 24.3 Å². The van der Waals surface area contributed by atoms with Crippen LogP contribution in [-0.2, 0) is 12.8 Å². The number of aliphatic hydroxyl groups excluding tert-OH is 1. The molecule has 1 aliphatic rings. The molecule has 4 heteroatoms. The first-order valence-electron chi connectivity index (χ1n) is 6.29. The first-order valence-corrected chi connectivity index (χ1v) is 7.24. The summed E-state index contributed by atoms with van der Waals surface area (Å²) in [5.41, 5.74) is 4.03. The molecule has 1 heterocycles. The zero-order valence-electron chi connectivity index (χ0n) is 10.4. The largest absolute Gasteiger partial charge is 0.385 e. The van der Waals surface area contributed by atoms with E-state index in [1.807, 2.05) is 23.6 Å². The molecular weight excluding hydrogens is 256 g/mol. The van der Waals surface area contributed by atoms with E-state index in [1.165, 1.54) is 22.5 Å². The third-order valence-electron chi connectivity index (χ3n) is 3.94. The molecule has 1 aromatic carbocycles. The predicted octanol–water partition coefficient (Wildman–Crippen LogP) is 2.88. The van der Waals surface area contributed by atoms with Crippen molar-refractivity contribution >= 4 is 11.3 Å². The van der Waals surface area contributed by atoms with E-state index < -0.39 is 11.5 Å². The number of aromatic nitrogens is 1. The fraction of sp³-hybridized carbons (Fsp3) is 0.333. The minimum absolute atomic E-state index is 0.596. The molecule has 96 valence electrons. The van der Waals surface area contributed by atoms with Gasteiger partial charge in [0.1, 0.15) is 6.10 Å². The number of aryl methyl sites for hydroxylation is 1. The van der Waals surface area contributed by atoms with Gasteiger partial charge < -0.3 is 5.11 Å². The van der Waals surface area contributed by atoms with Crippen LogP contribution in [0.2, 0.25) is 0 Å². The van der Waals surface area contributed by atoms with E-state index in [4.69, 9.17) is 0 Å². The van der Waals surface area contributed by atoms with Crippen LogP contribution in [0.15, 0.2) is 35.2 Å². The lowest BCUT2D eigenvalue weighted by Crippen LogP contribution is -2.34. The Balaban J connectivity index is 1.97. The van der Waals surface area contributed by atoms with Crippen molar-refractivity contribution in [1.29, 1.82) is 5.26 Å². The lowest BCUT2D eigenvalue weighted by atomic mass is 9.68. The van der Waals surface area contributed by atoms with Gasteiger partial charge in [0.05, 0.1) is 22.7 Å². The van der Waals surface area contributed by atoms with Crippen molar-refractivity contribution in [3.05, 3.63) is 52.0 Å². The van der Waals surface area contributed by atoms with Crippen molar-refractivity contribution in [3.8, 4) is 6.07 Å². The smallest absolute Gasteiger partial charge is 0.116 e. The van der Waals surface area contributed by atoms with Crippen molar-refractivity contribution < 1.29 is 5.11 Å². The Morgan fingerprint density at radius 2 is 2.16 bits per heavy atom. The van der Waals surface area contributed by atoms with Crippen LogP contribution >= 0.6 is 11.3 Å². The number of thiazole rings is 1. The Kier molecular flexibility index (Phi) is 3.09. The molecule has 2 atom stereocenters. The van der Waals surface area contributed by atoms with Gasteiger partial charge in [0, 0.05) is 5.38 Å². The van der Waals surface area contributed by atoms with Crippen molar-refractivity contribution in [2.24, 2.45) is 5.41 Å². The van der Waals surface area contributed by atoms with E-state index in [0.717, 1.165) is 6.42 Å². The van der Waals surface area contributed by atoms with E-state index in [-0.39, 0.29) is 0 Å². The summed E-state index contributed by atoms with van der Waals surface area (Å²) in [5.74, 6) is 0. The highest BCUT2D eigenvalue weighted by atomic mass is 32.1. The summed E-state index contributed by atoms with van der Waals surface area (Å²) < 4.78 is 0. The monoisotopic (exact) mass is 270 g/mol. The van der Waals surface area contributed by atoms with Gasteiger partial charge in [-0.3, -0.25) is 0 Å². The molecule has 3 nitrogen and oxygen atoms in total. The normalized spacial score (nSPS) is 23.4. The molecular formula is C15H14N2OS. The highest BCUT2D eigenvalue weighted by molar-refractivity contribution is 7.07. The first kappa shape index (κ1) is 12.3. The standard InChI is InChI=1S/C15H14N2OS/c16-9-15(14(18)13-8-19-10-17-13)6-5-11-3-1-2-4-12(11)7-15/h1-4,8,10,14,18H,5-7H2. The van der Waals surface area contributed by atoms with Crippen molar-refractivity contribution in [1.82, 2.24) is 4.98 Å². The molecule has 0 spiro atoms. The van der Waals surface area contributed by atoms with E-state index in [9.17, 15) is 10.4 Å². The summed E-state index contributed by atoms with van der Waals surface area (Å²) in [4.78, 5) is 4.16. The summed E-state index contributed by atoms with van der Waals surface area (Å²) in [5, 5.41) is 22.0. The molecule has 1 aliphatic carbocycles. The Labute approximate surface area is 116 Å². The number of nitrogens with zero attached hydrogens (tertiary/aromatic N) is 2. The maximum absolute atomic E-state index is 10.5. The van der Waals surface area contributed by atoms with Gasteiger partial charge in [-0.15, -0.1) is 11.3 Å². The number of hydrogen-bond acceptors (Lipinski definition) is 4. The first-order chi connectivity index (χ1) is 9.25. The lowest BCUT2D eigenvalue weighted by molar-refractivity contribution is 0.0496. The Bertz CT molecular complexity index is 617. The van der Waals surface area contributed by atoms with Gasteiger partial charge >= 0.3 is 0 Å². The number of hydrogen-bond donors (Lipinski definition) is 1. The summed E-state index contributed by atoms with van der Waals surface area (Å²) in [6.07, 6.45) is 1.31. The van der Waals surface area contributed by atoms with Crippen LogP contribution < -0.4 is 0 Å². The molecule has 1 aromatic heterocycles. The summed E-state index contributed by atoms with van der Waals surface area (Å²) in [6, 6.07) is 10.5. The number of benzene rings is 1. The molecule has 0 amide bonds. The average molecular weight is 270 g/mol. The number of aliphatic hydroxyl groups is 1. The zero-order valence-corrected chi connectivity index (χ0v) is 11.2. The molecule has 2 aromatic rings. The molecule has 0 aliphatic heterocycles. The highest BCUT2D eigenvalue weighted by Crippen LogP contribution is 2.44. The second-order valence-electron chi connectivity index (χ2n) is 5.03. The lowest BCUT2D eigenvalue weighted by Gasteiger charge is -2.35. The molecule has 0 fully saturated rings. The minimum Gasteiger partial charge on any atom is -0.385 e. The SMILES string of the molecule is N#CC1(C(O)c2cscn2)CCc2ccccc2C1. The Hall–Kier alpha value is -1.70. The molecule has 0 saturated heterocycles. The van der Waals surface area contributed by atoms with Crippen molar-refractivity contribution in [2.75, 3.05) is 0 Å². The second kappa shape index (κ2) is 4.76. The minimum atomic E-state index is -0.808. The Morgan fingerprint density at radius 3 is 2.84 bits per heavy atom. The van der Waals surface area contributed by atoms with Gasteiger partial charge in [-0.25, -0.2) is 4.98 Å². The molecule has 1 N–H and O–H groups in total. The topological polar surface area (TPSA) is 56.9 Å². The fourth-order valence-electron chi connectivity index (χ4n) is 2.79. The molecule has 19 heavy (non-hydrogen) atoms. The van der Waals surface area contributed by atoms with Gasteiger partial charge in [0.15, 0.2) is 0 Å². The summed E-state index contributed by atoms with van der Waals surface area (Å²) in [6.45, 7) is 0. The van der Waals surface area contributed by atoms with E-state index in [1.54, 1.807) is 5.51 Å². The van der Waals surface area contributed by atoms with Crippen LogP contribution in [-0.4, -0.2) is 10.1 Å². The number of rotatable bonds is 2. The maximum atomic E-state index is 10.5. The van der Waals surface area contributed by atoms with Crippen molar-refractivity contribution in [2.45, 2.75) is 25.4 Å². The third-order valence-corrected chi connectivity index (χ3v) is 4.55. The Morgan fingerprint density at radius 1 is 1.37 bits per heavy atom. The van der Waals surface area contributed by atoms with Gasteiger partial charge in [-0.05, 0) is 30.4 Å². The van der Waals surface area contributed by atoms with Crippen LogP contribution in [0, 0.1) is 16.7 Å². The van der Waals surface area contributed by atoms with Crippen LogP contribution in [0.3, 0.4) is 0 Å². The molecule has 0 radical (unpaired) electrons. The quantitative estimate of drug-likeness (QED) is 0.913. The van der Waals surface area contributed by atoms with Gasteiger partial charge in [-0.2, -0.15) is 5.26 Å². The molecule has 0 bridgehead atoms. The summed E-state index contributed by atoms with van der Waals surface area (Å²) >= 11 is 1.45. The van der Waals surface area contributed by atoms with E-state index >= 15 is 0 Å². The van der Waals surface area contributed by atoms with Crippen LogP contribution in [0.4, 0.5) is 0 Å². The molecule has 0 saturated carbocycles. The summed E-state index contributed by atoms with van der Waals surface area (Å²) in [7, 11) is 0. The van der Waals surface area contributed by atoms with Crippen LogP contribution in [0.5, 0.6) is 0 Å². The maximum Gasteiger partial charge on any atom is 0.116 e. The van der Waals surface area contributed by atoms with E-state index in [2.05, 4.69) is 17.1 Å². The molecule has 2 unspecified atom stereocenters. The second-order valence-corrected chi connectivity index (χ2v) is 5.75. The fourth-order valence-corrected chi connectivity index (χ4v) is 3.36. The average Bonchev–Trinajstić information content (AvgIpc) is 3.00. The van der Waals surface area contributed by atoms with E-state index in [0.29, 0.717) is 18.5 Å². The predicted molar refractivity (Wildman–Crippen MR) is 73.6 cm³/mol. The highest BCUT2D eigenvalue weighted by Gasteiger charge is 2.42. The number of nitriles is 1. The zero-order chi connectivity index (χ0) is 13.3. The number of fused-ring (bicyclic) bond motifs is 1. The van der Waals surface area contributed by atoms with Gasteiger partial charge in [0.25, 0.3) is 0 Å². The van der Waals surface area contributed by atoms with Crippen LogP contribution in [0.25, 0.3) is 0 Å². The van der Waals surface area contributed by atoms with Crippen LogP contribution in [0.1, 0.15) is 29.3 Å². The molecule has 3 rings (SSSR count). The van der Waals surface area contributed by atoms with Crippen molar-refractivity contribution in [3.63, 3.8) is 0 Å². The van der Waals surface area contributed by atoms with Gasteiger partial charge in [0.2, 0.25) is 0 Å². The third kappa shape index (κ3) is 2.05.